The number of nitrogens with two attached hydrogens (primary N) is 2. The zero-order valence-corrected chi connectivity index (χ0v) is 25.2. The Bertz CT molecular complexity index is 1900. The van der Waals surface area contributed by atoms with Crippen molar-refractivity contribution in [3.05, 3.63) is 59.7 Å². The maximum atomic E-state index is 13.2. The first-order valence-corrected chi connectivity index (χ1v) is 15.2. The Morgan fingerprint density at radius 2 is 1.63 bits per heavy atom. The molecule has 0 saturated carbocycles. The molecule has 4 aromatic rings. The van der Waals surface area contributed by atoms with Crippen molar-refractivity contribution in [1.82, 2.24) is 14.9 Å². The third-order valence-electron chi connectivity index (χ3n) is 7.37. The summed E-state index contributed by atoms with van der Waals surface area (Å²) in [6.07, 6.45) is -7.58. The second-order valence-corrected chi connectivity index (χ2v) is 12.3. The van der Waals surface area contributed by atoms with Gasteiger partial charge in [-0.25, -0.2) is 18.5 Å². The van der Waals surface area contributed by atoms with E-state index in [9.17, 15) is 43.9 Å². The normalized spacial score (nSPS) is 14.5. The molecule has 246 valence electrons. The van der Waals surface area contributed by atoms with Gasteiger partial charge >= 0.3 is 0 Å². The third kappa shape index (κ3) is 7.26. The second-order valence-electron chi connectivity index (χ2n) is 10.7. The number of aromatic hydroxyl groups is 2. The molecule has 0 spiro atoms. The molecule has 1 aromatic heterocycles. The summed E-state index contributed by atoms with van der Waals surface area (Å²) in [7, 11) is -2.91. The number of amidine groups is 1. The van der Waals surface area contributed by atoms with Gasteiger partial charge in [-0.1, -0.05) is 0 Å². The minimum Gasteiger partial charge on any atom is -0.507 e. The molecule has 1 amide bonds. The third-order valence-corrected chi connectivity index (χ3v) is 8.28. The average molecular weight is 659 g/mol. The maximum absolute atomic E-state index is 13.2. The number of carbonyl (C=O) groups is 1. The van der Waals surface area contributed by atoms with Crippen molar-refractivity contribution in [3.63, 3.8) is 0 Å². The summed E-state index contributed by atoms with van der Waals surface area (Å²) in [6, 6.07) is 10.8. The van der Waals surface area contributed by atoms with E-state index in [1.165, 1.54) is 19.2 Å². The molecule has 16 nitrogen and oxygen atoms in total. The first-order chi connectivity index (χ1) is 21.5. The Morgan fingerprint density at radius 3 is 2.26 bits per heavy atom. The molecule has 17 heteroatoms. The fourth-order valence-electron chi connectivity index (χ4n) is 4.75. The van der Waals surface area contributed by atoms with E-state index in [2.05, 4.69) is 9.97 Å². The number of rotatable bonds is 12. The predicted molar refractivity (Wildman–Crippen MR) is 165 cm³/mol. The largest absolute Gasteiger partial charge is 0.507 e. The molecule has 0 aliphatic carbocycles. The van der Waals surface area contributed by atoms with Gasteiger partial charge in [0.15, 0.2) is 0 Å². The molecule has 4 rings (SSSR count). The van der Waals surface area contributed by atoms with Gasteiger partial charge in [0.2, 0.25) is 15.9 Å². The van der Waals surface area contributed by atoms with Crippen molar-refractivity contribution in [2.75, 3.05) is 20.2 Å². The Hall–Kier alpha value is -4.62. The molecule has 46 heavy (non-hydrogen) atoms. The maximum Gasteiger partial charge on any atom is 0.238 e. The van der Waals surface area contributed by atoms with Gasteiger partial charge in [0.1, 0.15) is 47.6 Å². The summed E-state index contributed by atoms with van der Waals surface area (Å²) < 4.78 is 24.1. The van der Waals surface area contributed by atoms with E-state index in [4.69, 9.17) is 21.4 Å². The lowest BCUT2D eigenvalue weighted by molar-refractivity contribution is -0.137. The van der Waals surface area contributed by atoms with Crippen LogP contribution in [0.1, 0.15) is 11.1 Å². The monoisotopic (exact) mass is 658 g/mol. The number of likely N-dealkylation sites (N-methyl/N-ethyl adjacent to an activating group) is 1. The van der Waals surface area contributed by atoms with E-state index in [1.807, 2.05) is 0 Å². The van der Waals surface area contributed by atoms with Crippen LogP contribution in [-0.4, -0.2) is 115 Å². The van der Waals surface area contributed by atoms with Crippen LogP contribution >= 0.6 is 0 Å². The van der Waals surface area contributed by atoms with Crippen molar-refractivity contribution >= 4 is 32.8 Å². The number of fused-ring (bicyclic) bond motifs is 1. The van der Waals surface area contributed by atoms with Crippen LogP contribution in [-0.2, 0) is 21.2 Å². The van der Waals surface area contributed by atoms with E-state index in [1.54, 1.807) is 18.2 Å². The standard InChI is InChI=1S/C29H34N6O10S/c1-35(11-22(38)26(42)27(43)23(39)12-36)24(40)8-13-6-17(16-10-15(46(32,44)45)3-5-21(16)37)25(41)18(7-13)29-33-19-4-2-14(28(30)31)9-20(19)34-29/h2-7,9-10,22-23,26-27,36-39,41-43H,8,11-12H2,1H3,(H3,30,31)(H,33,34)(H2,32,44,45)/t22-,23+,26-,27-/m1/s1. The lowest BCUT2D eigenvalue weighted by atomic mass is 9.95. The molecule has 0 unspecified atom stereocenters. The first kappa shape index (κ1) is 34.3. The minimum atomic E-state index is -4.22. The van der Waals surface area contributed by atoms with Crippen LogP contribution in [0.2, 0.25) is 0 Å². The number of hydrogen-bond donors (Lipinski definition) is 11. The fourth-order valence-corrected chi connectivity index (χ4v) is 5.29. The number of primary sulfonamides is 1. The molecule has 0 radical (unpaired) electrons. The van der Waals surface area contributed by atoms with Crippen molar-refractivity contribution in [2.24, 2.45) is 10.9 Å². The minimum absolute atomic E-state index is 0.0560. The first-order valence-electron chi connectivity index (χ1n) is 13.7. The number of nitrogen functional groups attached to an aromatic ring is 1. The predicted octanol–water partition coefficient (Wildman–Crippen LogP) is -1.32. The highest BCUT2D eigenvalue weighted by molar-refractivity contribution is 7.89. The van der Waals surface area contributed by atoms with Crippen LogP contribution in [0.25, 0.3) is 33.5 Å². The van der Waals surface area contributed by atoms with Crippen molar-refractivity contribution in [1.29, 1.82) is 5.41 Å². The smallest absolute Gasteiger partial charge is 0.238 e. The van der Waals surface area contributed by atoms with Gasteiger partial charge in [0.25, 0.3) is 0 Å². The van der Waals surface area contributed by atoms with Crippen LogP contribution in [0, 0.1) is 5.41 Å². The second kappa shape index (κ2) is 13.4. The molecule has 0 aliphatic rings. The Kier molecular flexibility index (Phi) is 9.97. The number of carbonyl (C=O) groups excluding carboxylic acids is 1. The Balaban J connectivity index is 1.77. The highest BCUT2D eigenvalue weighted by atomic mass is 32.2. The number of amides is 1. The number of H-pyrrole nitrogens is 1. The van der Waals surface area contributed by atoms with E-state index < -0.39 is 65.0 Å². The molecule has 0 fully saturated rings. The highest BCUT2D eigenvalue weighted by Gasteiger charge is 2.31. The summed E-state index contributed by atoms with van der Waals surface area (Å²) in [4.78, 5) is 21.4. The van der Waals surface area contributed by atoms with E-state index >= 15 is 0 Å². The van der Waals surface area contributed by atoms with Gasteiger partial charge in [0, 0.05) is 30.3 Å². The molecule has 13 N–H and O–H groups in total. The van der Waals surface area contributed by atoms with Gasteiger partial charge < -0.3 is 51.4 Å². The summed E-state index contributed by atoms with van der Waals surface area (Å²) in [5, 5.41) is 84.0. The van der Waals surface area contributed by atoms with E-state index in [-0.39, 0.29) is 45.2 Å². The van der Waals surface area contributed by atoms with Crippen LogP contribution in [0.4, 0.5) is 0 Å². The molecule has 0 aliphatic heterocycles. The number of aliphatic hydroxyl groups excluding tert-OH is 5. The molecule has 3 aromatic carbocycles. The number of sulfonamides is 1. The molecule has 0 bridgehead atoms. The SMILES string of the molecule is CN(C[C@@H](O)[C@@H](O)[C@H](O)[C@@H](O)CO)C(=O)Cc1cc(-c2nc3cc(C(=N)N)ccc3[nH]2)c(O)c(-c2cc(S(N)(=O)=O)ccc2O)c1. The van der Waals surface area contributed by atoms with Crippen LogP contribution in [0.3, 0.4) is 0 Å². The number of nitrogens with one attached hydrogen (secondary N) is 2. The Labute approximate surface area is 262 Å². The molecular weight excluding hydrogens is 624 g/mol. The molecule has 0 saturated heterocycles. The number of aromatic amines is 1. The fraction of sp³-hybridized carbons (Fsp3) is 0.276. The average Bonchev–Trinajstić information content (AvgIpc) is 3.43. The van der Waals surface area contributed by atoms with Crippen LogP contribution in [0.5, 0.6) is 11.5 Å². The number of benzene rings is 3. The number of imidazole rings is 1. The zero-order chi connectivity index (χ0) is 34.1. The summed E-state index contributed by atoms with van der Waals surface area (Å²) in [5.74, 6) is -1.53. The van der Waals surface area contributed by atoms with E-state index in [0.29, 0.717) is 16.6 Å². The topological polar surface area (TPSA) is 301 Å². The number of nitrogens with zero attached hydrogens (tertiary/aromatic N) is 2. The summed E-state index contributed by atoms with van der Waals surface area (Å²) in [6.45, 7) is -1.35. The van der Waals surface area contributed by atoms with Crippen molar-refractivity contribution in [3.8, 4) is 34.0 Å². The molecular formula is C29H34N6O10S. The number of hydrogen-bond acceptors (Lipinski definition) is 12. The number of phenolic OH excluding ortho intramolecular Hbond substituents is 2. The van der Waals surface area contributed by atoms with E-state index in [0.717, 1.165) is 23.1 Å². The zero-order valence-electron chi connectivity index (χ0n) is 24.4. The molecule has 4 atom stereocenters. The lowest BCUT2D eigenvalue weighted by Crippen LogP contribution is -2.50. The quantitative estimate of drug-likeness (QED) is 0.0624. The Morgan fingerprint density at radius 1 is 0.978 bits per heavy atom. The van der Waals surface area contributed by atoms with Gasteiger partial charge in [-0.15, -0.1) is 0 Å². The number of phenols is 2. The van der Waals surface area contributed by atoms with Crippen molar-refractivity contribution in [2.45, 2.75) is 35.7 Å². The lowest BCUT2D eigenvalue weighted by Gasteiger charge is -2.28. The van der Waals surface area contributed by atoms with Gasteiger partial charge in [0.05, 0.1) is 34.5 Å². The number of aliphatic hydroxyl groups is 5. The van der Waals surface area contributed by atoms with Gasteiger partial charge in [-0.05, 0) is 54.1 Å². The van der Waals surface area contributed by atoms with Gasteiger partial charge in [-0.2, -0.15) is 0 Å². The number of aromatic nitrogens is 2. The highest BCUT2D eigenvalue weighted by Crippen LogP contribution is 2.43. The molecule has 1 heterocycles. The van der Waals surface area contributed by atoms with Crippen molar-refractivity contribution < 1.29 is 49.0 Å². The van der Waals surface area contributed by atoms with Crippen LogP contribution in [0.15, 0.2) is 53.4 Å². The van der Waals surface area contributed by atoms with Gasteiger partial charge in [-0.3, -0.25) is 10.2 Å². The summed E-state index contributed by atoms with van der Waals surface area (Å²) >= 11 is 0. The van der Waals surface area contributed by atoms with Crippen LogP contribution < -0.4 is 10.9 Å². The summed E-state index contributed by atoms with van der Waals surface area (Å²) in [5.41, 5.74) is 7.00.